The van der Waals surface area contributed by atoms with E-state index in [1.807, 2.05) is 48.7 Å². The molecule has 158 valence electrons. The second kappa shape index (κ2) is 8.40. The molecule has 5 aromatic rings. The van der Waals surface area contributed by atoms with E-state index in [0.29, 0.717) is 22.1 Å². The molecule has 0 saturated carbocycles. The lowest BCUT2D eigenvalue weighted by atomic mass is 10.1. The Labute approximate surface area is 189 Å². The van der Waals surface area contributed by atoms with Crippen LogP contribution in [0, 0.1) is 6.92 Å². The molecular weight excluding hydrogens is 418 g/mol. The number of benzene rings is 2. The van der Waals surface area contributed by atoms with Gasteiger partial charge < -0.3 is 4.42 Å². The average Bonchev–Trinajstić information content (AvgIpc) is 3.47. The zero-order valence-electron chi connectivity index (χ0n) is 17.8. The van der Waals surface area contributed by atoms with Gasteiger partial charge >= 0.3 is 0 Å². The summed E-state index contributed by atoms with van der Waals surface area (Å²) >= 11 is 1.41. The molecule has 0 aliphatic heterocycles. The number of hydrogen-bond donors (Lipinski definition) is 1. The van der Waals surface area contributed by atoms with Gasteiger partial charge in [0, 0.05) is 16.3 Å². The molecule has 6 heteroatoms. The molecule has 0 aliphatic carbocycles. The number of fused-ring (bicyclic) bond motifs is 1. The number of furan rings is 1. The Kier molecular flexibility index (Phi) is 5.29. The van der Waals surface area contributed by atoms with Gasteiger partial charge in [0.1, 0.15) is 11.5 Å². The lowest BCUT2D eigenvalue weighted by Crippen LogP contribution is -2.13. The fourth-order valence-electron chi connectivity index (χ4n) is 3.60. The highest BCUT2D eigenvalue weighted by molar-refractivity contribution is 7.14. The van der Waals surface area contributed by atoms with Gasteiger partial charge in [-0.25, -0.2) is 9.97 Å². The van der Waals surface area contributed by atoms with E-state index in [0.717, 1.165) is 34.3 Å². The largest absolute Gasteiger partial charge is 0.460 e. The molecule has 5 rings (SSSR count). The van der Waals surface area contributed by atoms with E-state index >= 15 is 0 Å². The van der Waals surface area contributed by atoms with Gasteiger partial charge in [-0.3, -0.25) is 10.1 Å². The standard InChI is InChI=1S/C26H21N3O2S/c1-3-17-9-11-18(12-10-17)23-15-32-26(28-23)29-25(30)20-14-22(24-13-8-16(2)31-24)27-21-7-5-4-6-19(20)21/h4-15H,3H2,1-2H3,(H,28,29,30). The van der Waals surface area contributed by atoms with Crippen molar-refractivity contribution in [2.75, 3.05) is 5.32 Å². The second-order valence-corrected chi connectivity index (χ2v) is 8.38. The van der Waals surface area contributed by atoms with Crippen LogP contribution >= 0.6 is 11.3 Å². The van der Waals surface area contributed by atoms with Crippen molar-refractivity contribution >= 4 is 33.3 Å². The van der Waals surface area contributed by atoms with Gasteiger partial charge in [-0.1, -0.05) is 49.4 Å². The van der Waals surface area contributed by atoms with E-state index in [-0.39, 0.29) is 5.91 Å². The number of aryl methyl sites for hydroxylation is 2. The second-order valence-electron chi connectivity index (χ2n) is 7.53. The summed E-state index contributed by atoms with van der Waals surface area (Å²) in [5.74, 6) is 1.20. The third kappa shape index (κ3) is 3.92. The van der Waals surface area contributed by atoms with Crippen LogP contribution in [0.4, 0.5) is 5.13 Å². The summed E-state index contributed by atoms with van der Waals surface area (Å²) in [4.78, 5) is 22.5. The first-order valence-electron chi connectivity index (χ1n) is 10.4. The van der Waals surface area contributed by atoms with Gasteiger partial charge in [0.15, 0.2) is 10.9 Å². The maximum Gasteiger partial charge on any atom is 0.258 e. The van der Waals surface area contributed by atoms with E-state index in [4.69, 9.17) is 4.42 Å². The van der Waals surface area contributed by atoms with Gasteiger partial charge in [-0.05, 0) is 43.2 Å². The fourth-order valence-corrected chi connectivity index (χ4v) is 4.32. The van der Waals surface area contributed by atoms with Crippen molar-refractivity contribution in [3.05, 3.63) is 89.0 Å². The molecule has 0 spiro atoms. The minimum Gasteiger partial charge on any atom is -0.460 e. The third-order valence-electron chi connectivity index (χ3n) is 5.34. The Morgan fingerprint density at radius 1 is 1.00 bits per heavy atom. The van der Waals surface area contributed by atoms with Crippen molar-refractivity contribution in [3.63, 3.8) is 0 Å². The summed E-state index contributed by atoms with van der Waals surface area (Å²) in [6, 6.07) is 21.5. The Hall–Kier alpha value is -3.77. The van der Waals surface area contributed by atoms with Crippen LogP contribution in [0.15, 0.2) is 76.5 Å². The van der Waals surface area contributed by atoms with Crippen LogP contribution in [-0.4, -0.2) is 15.9 Å². The van der Waals surface area contributed by atoms with Crippen LogP contribution in [0.5, 0.6) is 0 Å². The molecular formula is C26H21N3O2S. The zero-order valence-corrected chi connectivity index (χ0v) is 18.6. The van der Waals surface area contributed by atoms with Crippen molar-refractivity contribution in [3.8, 4) is 22.7 Å². The SMILES string of the molecule is CCc1ccc(-c2csc(NC(=O)c3cc(-c4ccc(C)o4)nc4ccccc34)n2)cc1. The maximum absolute atomic E-state index is 13.2. The lowest BCUT2D eigenvalue weighted by molar-refractivity contribution is 0.102. The Balaban J connectivity index is 1.46. The molecule has 0 radical (unpaired) electrons. The number of aromatic nitrogens is 2. The van der Waals surface area contributed by atoms with E-state index in [2.05, 4.69) is 46.5 Å². The van der Waals surface area contributed by atoms with E-state index in [1.165, 1.54) is 16.9 Å². The number of para-hydroxylation sites is 1. The van der Waals surface area contributed by atoms with Crippen LogP contribution in [0.25, 0.3) is 33.6 Å². The highest BCUT2D eigenvalue weighted by Crippen LogP contribution is 2.29. The molecule has 0 bridgehead atoms. The molecule has 5 nitrogen and oxygen atoms in total. The number of nitrogens with zero attached hydrogens (tertiary/aromatic N) is 2. The molecule has 1 N–H and O–H groups in total. The normalized spacial score (nSPS) is 11.1. The number of rotatable bonds is 5. The van der Waals surface area contributed by atoms with Crippen LogP contribution in [0.2, 0.25) is 0 Å². The molecule has 32 heavy (non-hydrogen) atoms. The van der Waals surface area contributed by atoms with E-state index in [9.17, 15) is 4.79 Å². The van der Waals surface area contributed by atoms with Crippen LogP contribution in [0.1, 0.15) is 28.6 Å². The Morgan fingerprint density at radius 3 is 2.56 bits per heavy atom. The van der Waals surface area contributed by atoms with Crippen LogP contribution in [0.3, 0.4) is 0 Å². The monoisotopic (exact) mass is 439 g/mol. The minimum atomic E-state index is -0.227. The molecule has 0 fully saturated rings. The Morgan fingerprint density at radius 2 is 1.81 bits per heavy atom. The summed E-state index contributed by atoms with van der Waals surface area (Å²) in [5.41, 5.74) is 5.05. The molecule has 2 aromatic carbocycles. The van der Waals surface area contributed by atoms with Crippen molar-refractivity contribution < 1.29 is 9.21 Å². The van der Waals surface area contributed by atoms with E-state index < -0.39 is 0 Å². The predicted octanol–water partition coefficient (Wildman–Crippen LogP) is 6.74. The number of carbonyl (C=O) groups is 1. The van der Waals surface area contributed by atoms with Crippen molar-refractivity contribution in [2.45, 2.75) is 20.3 Å². The molecule has 0 unspecified atom stereocenters. The average molecular weight is 440 g/mol. The smallest absolute Gasteiger partial charge is 0.258 e. The summed E-state index contributed by atoms with van der Waals surface area (Å²) in [6.07, 6.45) is 0.998. The number of amides is 1. The molecule has 3 aromatic heterocycles. The van der Waals surface area contributed by atoms with Gasteiger partial charge in [0.2, 0.25) is 0 Å². The van der Waals surface area contributed by atoms with Gasteiger partial charge in [-0.2, -0.15) is 0 Å². The fraction of sp³-hybridized carbons (Fsp3) is 0.115. The molecule has 0 aliphatic rings. The number of hydrogen-bond acceptors (Lipinski definition) is 5. The summed E-state index contributed by atoms with van der Waals surface area (Å²) in [5, 5.41) is 6.25. The molecule has 0 saturated heterocycles. The van der Waals surface area contributed by atoms with Gasteiger partial charge in [0.05, 0.1) is 16.8 Å². The van der Waals surface area contributed by atoms with Gasteiger partial charge in [-0.15, -0.1) is 11.3 Å². The number of carbonyl (C=O) groups excluding carboxylic acids is 1. The van der Waals surface area contributed by atoms with Crippen molar-refractivity contribution in [1.29, 1.82) is 0 Å². The highest BCUT2D eigenvalue weighted by Gasteiger charge is 2.17. The maximum atomic E-state index is 13.2. The first kappa shape index (κ1) is 20.2. The number of nitrogens with one attached hydrogen (secondary N) is 1. The first-order chi connectivity index (χ1) is 15.6. The van der Waals surface area contributed by atoms with Gasteiger partial charge in [0.25, 0.3) is 5.91 Å². The predicted molar refractivity (Wildman–Crippen MR) is 129 cm³/mol. The Bertz CT molecular complexity index is 1420. The van der Waals surface area contributed by atoms with Crippen LogP contribution < -0.4 is 5.32 Å². The highest BCUT2D eigenvalue weighted by atomic mass is 32.1. The summed E-state index contributed by atoms with van der Waals surface area (Å²) in [6.45, 7) is 4.01. The first-order valence-corrected chi connectivity index (χ1v) is 11.3. The number of pyridine rings is 1. The summed E-state index contributed by atoms with van der Waals surface area (Å²) in [7, 11) is 0. The third-order valence-corrected chi connectivity index (χ3v) is 6.09. The van der Waals surface area contributed by atoms with Crippen molar-refractivity contribution in [2.24, 2.45) is 0 Å². The minimum absolute atomic E-state index is 0.227. The zero-order chi connectivity index (χ0) is 22.1. The molecule has 0 atom stereocenters. The topological polar surface area (TPSA) is 68.0 Å². The summed E-state index contributed by atoms with van der Waals surface area (Å²) < 4.78 is 5.74. The quantitative estimate of drug-likeness (QED) is 0.329. The molecule has 1 amide bonds. The van der Waals surface area contributed by atoms with Crippen molar-refractivity contribution in [1.82, 2.24) is 9.97 Å². The van der Waals surface area contributed by atoms with Crippen LogP contribution in [-0.2, 0) is 6.42 Å². The lowest BCUT2D eigenvalue weighted by Gasteiger charge is -2.08. The van der Waals surface area contributed by atoms with E-state index in [1.54, 1.807) is 6.07 Å². The molecule has 3 heterocycles. The number of thiazole rings is 1. The number of anilines is 1.